The fourth-order valence-electron chi connectivity index (χ4n) is 32.9. The first-order chi connectivity index (χ1) is 39.6. The summed E-state index contributed by atoms with van der Waals surface area (Å²) in [5.74, 6) is 5.65. The second kappa shape index (κ2) is 17.2. The van der Waals surface area contributed by atoms with Crippen LogP contribution in [0.25, 0.3) is 21.5 Å². The van der Waals surface area contributed by atoms with Crippen LogP contribution in [0, 0.1) is 218 Å². The molecule has 0 nitrogen and oxygen atoms in total. The normalized spacial score (nSPS) is 46.1. The Kier molecular flexibility index (Phi) is 13.2. The Labute approximate surface area is 551 Å². The Morgan fingerprint density at radius 2 is 0.607 bits per heavy atom. The first-order valence-electron chi connectivity index (χ1n) is 36.8. The molecule has 0 spiro atoms. The van der Waals surface area contributed by atoms with E-state index in [-0.39, 0.29) is 92.1 Å². The van der Waals surface area contributed by atoms with Crippen LogP contribution >= 0.6 is 0 Å². The molecule has 0 aromatic heterocycles. The summed E-state index contributed by atoms with van der Waals surface area (Å²) in [6.07, 6.45) is 11.3. The molecule has 0 aliphatic heterocycles. The highest BCUT2D eigenvalue weighted by Gasteiger charge is 2.99. The van der Waals surface area contributed by atoms with Crippen molar-refractivity contribution >= 4 is 21.5 Å². The molecule has 17 atom stereocenters. The highest BCUT2D eigenvalue weighted by atomic mass is 15.0. The van der Waals surface area contributed by atoms with Crippen LogP contribution in [0.3, 0.4) is 0 Å². The maximum atomic E-state index is 2.88. The predicted molar refractivity (Wildman–Crippen MR) is 390 cm³/mol. The standard InChI is InChI=1S/C49H72.C40H68/c1-23-24-46(19)41-40(42(11,12)43(46,13)14)48(21)44(15,16)47(20,49(41,22)45(48,17)18)25-35-38-32(8)28(4)26(2)30(6)36(38)34(10)37-31(7)27(3)29(5)33(9)39(35)37;1-21-22-36(16)23-24-26(29(2,3)25(23)30(4,5)31(36,6)7)38(18)28-27(37(24,17)34(38,12)13)39(19)32(8,9)33(10,11)40(28,20)35(39,14)15/h23-24,40-41H,25H2,1-22H3;21-28H,1-20H3/b24-23+;22-21+. The Balaban J connectivity index is 0.000000187. The van der Waals surface area contributed by atoms with Gasteiger partial charge in [0.1, 0.15) is 0 Å². The summed E-state index contributed by atoms with van der Waals surface area (Å²) in [5.41, 5.74) is 19.1. The lowest BCUT2D eigenvalue weighted by molar-refractivity contribution is -0.196. The monoisotopic (exact) mass is 1210 g/mol. The third-order valence-corrected chi connectivity index (χ3v) is 41.5. The van der Waals surface area contributed by atoms with Gasteiger partial charge in [-0.2, -0.15) is 0 Å². The van der Waals surface area contributed by atoms with Crippen LogP contribution in [0.5, 0.6) is 0 Å². The fraction of sp³-hybridized carbons (Fsp3) is 0.798. The molecule has 3 aromatic carbocycles. The summed E-state index contributed by atoms with van der Waals surface area (Å²) < 4.78 is 0. The maximum absolute atomic E-state index is 2.88. The second-order valence-corrected chi connectivity index (χ2v) is 42.2. The van der Waals surface area contributed by atoms with E-state index in [2.05, 4.69) is 315 Å². The number of benzene rings is 3. The van der Waals surface area contributed by atoms with Crippen LogP contribution in [0.4, 0.5) is 0 Å². The number of hydrogen-bond acceptors (Lipinski definition) is 0. The van der Waals surface area contributed by atoms with Crippen LogP contribution in [0.2, 0.25) is 0 Å². The summed E-state index contributed by atoms with van der Waals surface area (Å²) in [6, 6.07) is 0. The van der Waals surface area contributed by atoms with Gasteiger partial charge in [-0.25, -0.2) is 0 Å². The van der Waals surface area contributed by atoms with Crippen molar-refractivity contribution in [3.63, 3.8) is 0 Å². The van der Waals surface area contributed by atoms with E-state index in [4.69, 9.17) is 0 Å². The Morgan fingerprint density at radius 1 is 0.270 bits per heavy atom. The number of aryl methyl sites for hydroxylation is 5. The molecule has 12 rings (SSSR count). The molecule has 0 heteroatoms. The average molecular weight is 1210 g/mol. The van der Waals surface area contributed by atoms with Crippen molar-refractivity contribution in [3.8, 4) is 0 Å². The van der Waals surface area contributed by atoms with E-state index < -0.39 is 0 Å². The Morgan fingerprint density at radius 3 is 1.01 bits per heavy atom. The van der Waals surface area contributed by atoms with E-state index >= 15 is 0 Å². The topological polar surface area (TPSA) is 0 Å². The SMILES string of the molecule is C/C=C/C1(C)C2C(C(C)(C)C1(C)C)C1(C)C(C)(C)C(C)(Cc3c4c(C)c(C)c(C)c(C)c4c(C)c4c(C)c(C)c(C)c(C)c34)C2(C)C1(C)C.C/C=C/C1(C)C2C(C(C)(C)C3C2C2(C)C4C(C3(C)C2(C)C)C2(C)C(C)(C)C(C)(C)C4(C)C2(C)C)C(C)(C)C1(C)C. The van der Waals surface area contributed by atoms with Crippen molar-refractivity contribution in [1.82, 2.24) is 0 Å². The first-order valence-corrected chi connectivity index (χ1v) is 36.8. The number of rotatable bonds is 4. The van der Waals surface area contributed by atoms with Crippen molar-refractivity contribution in [1.29, 1.82) is 0 Å². The van der Waals surface area contributed by atoms with E-state index in [1.54, 1.807) is 16.3 Å². The molecule has 496 valence electrons. The van der Waals surface area contributed by atoms with Gasteiger partial charge in [0.05, 0.1) is 0 Å². The number of allylic oxidation sites excluding steroid dienone is 4. The minimum absolute atomic E-state index is 0.0339. The summed E-state index contributed by atoms with van der Waals surface area (Å²) in [7, 11) is 0. The quantitative estimate of drug-likeness (QED) is 0.139. The maximum Gasteiger partial charge on any atom is -0.00534 e. The van der Waals surface area contributed by atoms with Gasteiger partial charge in [0.2, 0.25) is 0 Å². The molecule has 89 heavy (non-hydrogen) atoms. The molecule has 0 amide bonds. The van der Waals surface area contributed by atoms with E-state index in [1.807, 2.05) is 0 Å². The van der Waals surface area contributed by atoms with Gasteiger partial charge in [-0.15, -0.1) is 0 Å². The number of fused-ring (bicyclic) bond motifs is 21. The lowest BCUT2D eigenvalue weighted by Gasteiger charge is -2.67. The molecule has 0 saturated heterocycles. The lowest BCUT2D eigenvalue weighted by atomic mass is 9.37. The van der Waals surface area contributed by atoms with Gasteiger partial charge in [-0.05, 0) is 315 Å². The molecule has 0 N–H and O–H groups in total. The molecule has 9 saturated carbocycles. The van der Waals surface area contributed by atoms with Crippen molar-refractivity contribution in [3.05, 3.63) is 79.9 Å². The lowest BCUT2D eigenvalue weighted by Crippen LogP contribution is -2.62. The molecule has 9 aliphatic rings. The Bertz CT molecular complexity index is 3600. The van der Waals surface area contributed by atoms with Gasteiger partial charge in [-0.1, -0.05) is 239 Å². The zero-order valence-electron chi connectivity index (χ0n) is 66.6. The van der Waals surface area contributed by atoms with Crippen LogP contribution in [-0.4, -0.2) is 0 Å². The van der Waals surface area contributed by atoms with E-state index in [0.717, 1.165) is 41.9 Å². The highest BCUT2D eigenvalue weighted by molar-refractivity contribution is 6.11. The van der Waals surface area contributed by atoms with Gasteiger partial charge in [0, 0.05) is 0 Å². The van der Waals surface area contributed by atoms with Crippen molar-refractivity contribution < 1.29 is 0 Å². The molecular weight excluding hydrogens is 1070 g/mol. The van der Waals surface area contributed by atoms with Crippen LogP contribution < -0.4 is 0 Å². The fourth-order valence-corrected chi connectivity index (χ4v) is 32.9. The summed E-state index contributed by atoms with van der Waals surface area (Å²) in [4.78, 5) is 0. The molecule has 6 bridgehead atoms. The van der Waals surface area contributed by atoms with E-state index in [1.165, 1.54) is 60.8 Å². The largest absolute Gasteiger partial charge is 0.0911 e. The second-order valence-electron chi connectivity index (χ2n) is 42.2. The smallest absolute Gasteiger partial charge is 0.00534 e. The van der Waals surface area contributed by atoms with Gasteiger partial charge in [-0.3, -0.25) is 0 Å². The van der Waals surface area contributed by atoms with E-state index in [9.17, 15) is 0 Å². The first kappa shape index (κ1) is 68.1. The van der Waals surface area contributed by atoms with Crippen LogP contribution in [0.1, 0.15) is 284 Å². The molecule has 0 heterocycles. The summed E-state index contributed by atoms with van der Waals surface area (Å²) in [6.45, 7) is 110. The summed E-state index contributed by atoms with van der Waals surface area (Å²) >= 11 is 0. The van der Waals surface area contributed by atoms with Gasteiger partial charge in [0.15, 0.2) is 0 Å². The third-order valence-electron chi connectivity index (χ3n) is 41.5. The van der Waals surface area contributed by atoms with Crippen molar-refractivity contribution in [2.75, 3.05) is 0 Å². The highest BCUT2D eigenvalue weighted by Crippen LogP contribution is 3.03. The van der Waals surface area contributed by atoms with Crippen molar-refractivity contribution in [2.45, 2.75) is 297 Å². The number of hydrogen-bond donors (Lipinski definition) is 0. The average Bonchev–Trinajstić information content (AvgIpc) is 1.41. The Hall–Kier alpha value is -2.34. The van der Waals surface area contributed by atoms with Gasteiger partial charge in [0.25, 0.3) is 0 Å². The third kappa shape index (κ3) is 5.76. The predicted octanol–water partition coefficient (Wildman–Crippen LogP) is 25.8. The van der Waals surface area contributed by atoms with Crippen LogP contribution in [-0.2, 0) is 6.42 Å². The molecule has 0 radical (unpaired) electrons. The van der Waals surface area contributed by atoms with Crippen LogP contribution in [0.15, 0.2) is 24.3 Å². The minimum Gasteiger partial charge on any atom is -0.0911 e. The summed E-state index contributed by atoms with van der Waals surface area (Å²) in [5, 5.41) is 6.16. The van der Waals surface area contributed by atoms with E-state index in [0.29, 0.717) is 28.1 Å². The minimum atomic E-state index is 0.0339. The van der Waals surface area contributed by atoms with Crippen molar-refractivity contribution in [2.24, 2.45) is 156 Å². The molecule has 9 fully saturated rings. The zero-order valence-corrected chi connectivity index (χ0v) is 66.6. The molecule has 17 unspecified atom stereocenters. The van der Waals surface area contributed by atoms with Gasteiger partial charge < -0.3 is 0 Å². The van der Waals surface area contributed by atoms with Gasteiger partial charge >= 0.3 is 0 Å². The molecular formula is C89H140. The molecule has 3 aromatic rings. The molecule has 9 aliphatic carbocycles. The zero-order chi connectivity index (χ0) is 68.2.